The summed E-state index contributed by atoms with van der Waals surface area (Å²) >= 11 is 0. The maximum atomic E-state index is 5.07. The second-order valence-corrected chi connectivity index (χ2v) is 15.5. The van der Waals surface area contributed by atoms with Crippen molar-refractivity contribution in [2.24, 2.45) is 4.99 Å². The first kappa shape index (κ1) is 44.4. The Labute approximate surface area is 356 Å². The Balaban J connectivity index is 1.04. The van der Waals surface area contributed by atoms with Crippen LogP contribution in [0.15, 0.2) is 181 Å². The monoisotopic (exact) mass is 782 g/mol. The molecule has 0 amide bonds. The number of benzene rings is 4. The van der Waals surface area contributed by atoms with Crippen molar-refractivity contribution in [1.82, 2.24) is 0 Å². The number of nitrogens with one attached hydrogen (secondary N) is 2. The second kappa shape index (κ2) is 25.0. The summed E-state index contributed by atoms with van der Waals surface area (Å²) in [5.74, 6) is 0. The van der Waals surface area contributed by atoms with Gasteiger partial charge in [0.25, 0.3) is 0 Å². The molecular formula is C56H67N3. The van der Waals surface area contributed by atoms with Gasteiger partial charge in [-0.25, -0.2) is 0 Å². The maximum absolute atomic E-state index is 5.07. The van der Waals surface area contributed by atoms with Crippen LogP contribution in [0.25, 0.3) is 16.7 Å². The number of hydrogen-bond donors (Lipinski definition) is 2. The Bertz CT molecular complexity index is 2080. The van der Waals surface area contributed by atoms with Gasteiger partial charge in [0.1, 0.15) is 0 Å². The van der Waals surface area contributed by atoms with E-state index in [9.17, 15) is 0 Å². The molecule has 0 radical (unpaired) electrons. The number of allylic oxidation sites excluding steroid dienone is 11. The summed E-state index contributed by atoms with van der Waals surface area (Å²) in [5.41, 5.74) is 15.1. The zero-order valence-corrected chi connectivity index (χ0v) is 36.1. The molecule has 0 saturated carbocycles. The summed E-state index contributed by atoms with van der Waals surface area (Å²) in [6.45, 7) is 16.0. The molecule has 306 valence electrons. The summed E-state index contributed by atoms with van der Waals surface area (Å²) in [5, 5.41) is 7.08. The number of unbranched alkanes of at least 4 members (excludes halogenated alkanes) is 4. The normalized spacial score (nSPS) is 13.0. The molecule has 1 aliphatic heterocycles. The van der Waals surface area contributed by atoms with Crippen LogP contribution >= 0.6 is 0 Å². The average Bonchev–Trinajstić information content (AvgIpc) is 3.68. The highest BCUT2D eigenvalue weighted by molar-refractivity contribution is 6.34. The SMILES string of the molecule is C=C(CCC/C=C\C/C=C\C/C=C\C/C=C\CCCCC)Nc1ccc(-c2ccc(NC(=C)CC3=C(c4ccc(CC)cc4)C(c4ccc(CC)cc4)=NC3)cc2)cc1. The third kappa shape index (κ3) is 14.9. The lowest BCUT2D eigenvalue weighted by Crippen LogP contribution is -2.05. The van der Waals surface area contributed by atoms with E-state index in [2.05, 4.69) is 190 Å². The minimum atomic E-state index is 0.680. The van der Waals surface area contributed by atoms with Gasteiger partial charge in [-0.15, -0.1) is 0 Å². The van der Waals surface area contributed by atoms with E-state index in [4.69, 9.17) is 4.99 Å². The van der Waals surface area contributed by atoms with Crippen molar-refractivity contribution < 1.29 is 0 Å². The fraction of sp³-hybridized carbons (Fsp3) is 0.304. The fourth-order valence-corrected chi connectivity index (χ4v) is 7.29. The van der Waals surface area contributed by atoms with Gasteiger partial charge in [0.15, 0.2) is 0 Å². The molecule has 0 unspecified atom stereocenters. The number of hydrogen-bond acceptors (Lipinski definition) is 3. The number of rotatable bonds is 25. The van der Waals surface area contributed by atoms with Gasteiger partial charge in [0.05, 0.1) is 12.3 Å². The standard InChI is InChI=1S/C56H67N3/c1-6-9-10-11-12-13-14-15-16-17-18-19-20-21-22-23-24-25-44(4)58-53-38-34-48(35-39-53)49-36-40-54(41-37-49)59-45(5)42-52-43-57-56(51-32-28-47(8-3)29-33-51)55(52)50-30-26-46(7-2)27-31-50/h12-13,15-16,18-19,21-22,26-41,58-59H,4-11,14,17,20,23-25,42-43H2,1-3H3/b13-12-,16-15-,19-18-,22-21-. The molecular weight excluding hydrogens is 715 g/mol. The summed E-state index contributed by atoms with van der Waals surface area (Å²) in [4.78, 5) is 5.07. The van der Waals surface area contributed by atoms with Crippen LogP contribution in [0.5, 0.6) is 0 Å². The van der Waals surface area contributed by atoms with Crippen molar-refractivity contribution in [2.45, 2.75) is 104 Å². The van der Waals surface area contributed by atoms with Crippen molar-refractivity contribution in [3.8, 4) is 11.1 Å². The third-order valence-corrected chi connectivity index (χ3v) is 10.8. The van der Waals surface area contributed by atoms with Gasteiger partial charge >= 0.3 is 0 Å². The topological polar surface area (TPSA) is 36.4 Å². The first-order chi connectivity index (χ1) is 29.0. The van der Waals surface area contributed by atoms with Crippen LogP contribution in [0.2, 0.25) is 0 Å². The fourth-order valence-electron chi connectivity index (χ4n) is 7.29. The smallest absolute Gasteiger partial charge is 0.0729 e. The summed E-state index contributed by atoms with van der Waals surface area (Å²) in [7, 11) is 0. The van der Waals surface area contributed by atoms with Crippen molar-refractivity contribution >= 4 is 22.7 Å². The predicted octanol–water partition coefficient (Wildman–Crippen LogP) is 15.8. The largest absolute Gasteiger partial charge is 0.359 e. The first-order valence-corrected chi connectivity index (χ1v) is 22.1. The first-order valence-electron chi connectivity index (χ1n) is 22.1. The second-order valence-electron chi connectivity index (χ2n) is 15.5. The lowest BCUT2D eigenvalue weighted by atomic mass is 9.91. The molecule has 0 saturated heterocycles. The molecule has 0 aliphatic carbocycles. The summed E-state index contributed by atoms with van der Waals surface area (Å²) in [6, 6.07) is 35.1. The van der Waals surface area contributed by atoms with Gasteiger partial charge in [-0.2, -0.15) is 0 Å². The van der Waals surface area contributed by atoms with Crippen LogP contribution < -0.4 is 10.6 Å². The maximum Gasteiger partial charge on any atom is 0.0729 e. The van der Waals surface area contributed by atoms with Crippen LogP contribution in [0.1, 0.15) is 114 Å². The number of nitrogens with zero attached hydrogens (tertiary/aromatic N) is 1. The number of anilines is 2. The molecule has 4 aromatic rings. The molecule has 5 rings (SSSR count). The van der Waals surface area contributed by atoms with Crippen LogP contribution in [0, 0.1) is 0 Å². The molecule has 4 aromatic carbocycles. The molecule has 0 bridgehead atoms. The molecule has 2 N–H and O–H groups in total. The Kier molecular flexibility index (Phi) is 18.8. The molecule has 0 atom stereocenters. The number of aryl methyl sites for hydroxylation is 2. The molecule has 0 fully saturated rings. The Morgan fingerprint density at radius 3 is 1.49 bits per heavy atom. The van der Waals surface area contributed by atoms with Gasteiger partial charge in [-0.05, 0) is 122 Å². The predicted molar refractivity (Wildman–Crippen MR) is 260 cm³/mol. The number of aliphatic imine (C=N–C) groups is 1. The van der Waals surface area contributed by atoms with Gasteiger partial charge in [-0.1, -0.05) is 168 Å². The van der Waals surface area contributed by atoms with Crippen LogP contribution in [0.3, 0.4) is 0 Å². The highest BCUT2D eigenvalue weighted by Gasteiger charge is 2.23. The molecule has 1 aliphatic rings. The van der Waals surface area contributed by atoms with E-state index >= 15 is 0 Å². The van der Waals surface area contributed by atoms with Gasteiger partial charge in [0, 0.05) is 40.3 Å². The van der Waals surface area contributed by atoms with Crippen LogP contribution in [-0.4, -0.2) is 12.3 Å². The molecule has 0 spiro atoms. The minimum absolute atomic E-state index is 0.680. The molecule has 1 heterocycles. The molecule has 0 aromatic heterocycles. The summed E-state index contributed by atoms with van der Waals surface area (Å²) < 4.78 is 0. The Morgan fingerprint density at radius 1 is 0.525 bits per heavy atom. The third-order valence-electron chi connectivity index (χ3n) is 10.8. The lowest BCUT2D eigenvalue weighted by Gasteiger charge is -2.15. The average molecular weight is 782 g/mol. The van der Waals surface area contributed by atoms with E-state index in [1.807, 2.05) is 0 Å². The van der Waals surface area contributed by atoms with Gasteiger partial charge in [-0.3, -0.25) is 4.99 Å². The van der Waals surface area contributed by atoms with E-state index in [0.29, 0.717) is 6.54 Å². The van der Waals surface area contributed by atoms with E-state index in [1.54, 1.807) is 0 Å². The quantitative estimate of drug-likeness (QED) is 0.0519. The Hall–Kier alpha value is -5.67. The van der Waals surface area contributed by atoms with E-state index in [1.165, 1.54) is 70.2 Å². The molecule has 59 heavy (non-hydrogen) atoms. The summed E-state index contributed by atoms with van der Waals surface area (Å²) in [6.07, 6.45) is 32.3. The van der Waals surface area contributed by atoms with Crippen molar-refractivity contribution in [2.75, 3.05) is 17.2 Å². The van der Waals surface area contributed by atoms with E-state index in [-0.39, 0.29) is 0 Å². The van der Waals surface area contributed by atoms with Gasteiger partial charge < -0.3 is 10.6 Å². The highest BCUT2D eigenvalue weighted by atomic mass is 14.9. The zero-order valence-electron chi connectivity index (χ0n) is 36.1. The Morgan fingerprint density at radius 2 is 0.983 bits per heavy atom. The van der Waals surface area contributed by atoms with E-state index in [0.717, 1.165) is 86.3 Å². The van der Waals surface area contributed by atoms with Crippen molar-refractivity contribution in [1.29, 1.82) is 0 Å². The lowest BCUT2D eigenvalue weighted by molar-refractivity contribution is 0.728. The molecule has 3 nitrogen and oxygen atoms in total. The van der Waals surface area contributed by atoms with Crippen LogP contribution in [-0.2, 0) is 12.8 Å². The zero-order chi connectivity index (χ0) is 41.5. The van der Waals surface area contributed by atoms with Gasteiger partial charge in [0.2, 0.25) is 0 Å². The highest BCUT2D eigenvalue weighted by Crippen LogP contribution is 2.33. The van der Waals surface area contributed by atoms with E-state index < -0.39 is 0 Å². The van der Waals surface area contributed by atoms with Crippen molar-refractivity contribution in [3.05, 3.63) is 198 Å². The minimum Gasteiger partial charge on any atom is -0.359 e. The molecule has 3 heteroatoms. The van der Waals surface area contributed by atoms with Crippen LogP contribution in [0.4, 0.5) is 11.4 Å². The van der Waals surface area contributed by atoms with Crippen molar-refractivity contribution in [3.63, 3.8) is 0 Å².